The first-order chi connectivity index (χ1) is 6.57. The first-order valence-electron chi connectivity index (χ1n) is 3.71. The number of carboxylic acids is 1. The summed E-state index contributed by atoms with van der Waals surface area (Å²) in [5.41, 5.74) is -0.486. The molecule has 0 heterocycles. The highest BCUT2D eigenvalue weighted by Crippen LogP contribution is 2.22. The number of esters is 1. The lowest BCUT2D eigenvalue weighted by Gasteiger charge is -2.04. The number of carbonyl (C=O) groups is 2. The van der Waals surface area contributed by atoms with Gasteiger partial charge >= 0.3 is 11.9 Å². The van der Waals surface area contributed by atoms with Crippen molar-refractivity contribution in [1.29, 1.82) is 0 Å². The minimum atomic E-state index is -1.30. The number of rotatable bonds is 2. The zero-order valence-electron chi connectivity index (χ0n) is 7.35. The summed E-state index contributed by atoms with van der Waals surface area (Å²) >= 11 is 0. The summed E-state index contributed by atoms with van der Waals surface area (Å²) in [5.74, 6) is -2.65. The number of carbonyl (C=O) groups excluding carboxylic acids is 1. The molecule has 5 nitrogen and oxygen atoms in total. The number of methoxy groups -OCH3 is 1. The van der Waals surface area contributed by atoms with Gasteiger partial charge in [-0.15, -0.1) is 0 Å². The molecule has 0 saturated heterocycles. The van der Waals surface area contributed by atoms with Gasteiger partial charge in [-0.2, -0.15) is 0 Å². The van der Waals surface area contributed by atoms with Gasteiger partial charge in [-0.05, 0) is 12.1 Å². The van der Waals surface area contributed by atoms with Crippen LogP contribution in [0.1, 0.15) is 20.7 Å². The summed E-state index contributed by atoms with van der Waals surface area (Å²) in [7, 11) is 1.15. The predicted molar refractivity (Wildman–Crippen MR) is 46.4 cm³/mol. The van der Waals surface area contributed by atoms with E-state index in [1.165, 1.54) is 18.2 Å². The van der Waals surface area contributed by atoms with Crippen molar-refractivity contribution >= 4 is 11.9 Å². The number of aromatic carboxylic acids is 1. The van der Waals surface area contributed by atoms with E-state index in [4.69, 9.17) is 5.11 Å². The van der Waals surface area contributed by atoms with Crippen LogP contribution in [0.25, 0.3) is 0 Å². The van der Waals surface area contributed by atoms with Crippen LogP contribution in [0.3, 0.4) is 0 Å². The third-order valence-electron chi connectivity index (χ3n) is 1.67. The van der Waals surface area contributed by atoms with Gasteiger partial charge in [0, 0.05) is 0 Å². The molecule has 0 saturated carbocycles. The standard InChI is InChI=1S/C9H8O5/c1-14-9(13)6-4-2-3-5(7(6)10)8(11)12/h2-4,10H,1H3,(H,11,12). The van der Waals surface area contributed by atoms with Gasteiger partial charge in [0.25, 0.3) is 0 Å². The SMILES string of the molecule is COC(=O)c1cccc(C(=O)O)c1O. The molecule has 0 aromatic heterocycles. The molecule has 74 valence electrons. The Morgan fingerprint density at radius 3 is 2.36 bits per heavy atom. The molecule has 0 fully saturated rings. The van der Waals surface area contributed by atoms with Crippen molar-refractivity contribution in [3.05, 3.63) is 29.3 Å². The number of phenols is 1. The van der Waals surface area contributed by atoms with Crippen LogP contribution >= 0.6 is 0 Å². The van der Waals surface area contributed by atoms with E-state index >= 15 is 0 Å². The minimum absolute atomic E-state index is 0.160. The molecule has 2 N–H and O–H groups in total. The summed E-state index contributed by atoms with van der Waals surface area (Å²) in [6.07, 6.45) is 0. The van der Waals surface area contributed by atoms with Crippen molar-refractivity contribution in [2.45, 2.75) is 0 Å². The second kappa shape index (κ2) is 3.78. The van der Waals surface area contributed by atoms with Crippen molar-refractivity contribution in [1.82, 2.24) is 0 Å². The molecule has 0 atom stereocenters. The Morgan fingerprint density at radius 2 is 1.86 bits per heavy atom. The first kappa shape index (κ1) is 10.0. The van der Waals surface area contributed by atoms with Crippen molar-refractivity contribution in [2.75, 3.05) is 7.11 Å². The Hall–Kier alpha value is -2.04. The fourth-order valence-electron chi connectivity index (χ4n) is 0.991. The average molecular weight is 196 g/mol. The van der Waals surface area contributed by atoms with Crippen LogP contribution in [-0.2, 0) is 4.74 Å². The molecule has 5 heteroatoms. The predicted octanol–water partition coefficient (Wildman–Crippen LogP) is 0.877. The van der Waals surface area contributed by atoms with E-state index in [-0.39, 0.29) is 11.1 Å². The monoisotopic (exact) mass is 196 g/mol. The van der Waals surface area contributed by atoms with Crippen LogP contribution in [0.4, 0.5) is 0 Å². The van der Waals surface area contributed by atoms with Crippen LogP contribution in [0, 0.1) is 0 Å². The molecule has 0 aliphatic rings. The largest absolute Gasteiger partial charge is 0.506 e. The zero-order chi connectivity index (χ0) is 10.7. The summed E-state index contributed by atoms with van der Waals surface area (Å²) in [6, 6.07) is 3.84. The van der Waals surface area contributed by atoms with Crippen molar-refractivity contribution in [3.8, 4) is 5.75 Å². The van der Waals surface area contributed by atoms with Crippen LogP contribution in [0.15, 0.2) is 18.2 Å². The first-order valence-corrected chi connectivity index (χ1v) is 3.71. The summed E-state index contributed by atoms with van der Waals surface area (Å²) in [6.45, 7) is 0. The minimum Gasteiger partial charge on any atom is -0.506 e. The molecular weight excluding hydrogens is 188 g/mol. The van der Waals surface area contributed by atoms with Crippen LogP contribution in [-0.4, -0.2) is 29.3 Å². The Bertz CT molecular complexity index is 383. The topological polar surface area (TPSA) is 83.8 Å². The molecular formula is C9H8O5. The van der Waals surface area contributed by atoms with Gasteiger partial charge in [-0.3, -0.25) is 0 Å². The number of para-hydroxylation sites is 1. The maximum absolute atomic E-state index is 11.0. The maximum atomic E-state index is 11.0. The highest BCUT2D eigenvalue weighted by atomic mass is 16.5. The lowest BCUT2D eigenvalue weighted by atomic mass is 10.1. The van der Waals surface area contributed by atoms with E-state index in [9.17, 15) is 14.7 Å². The lowest BCUT2D eigenvalue weighted by Crippen LogP contribution is -2.05. The van der Waals surface area contributed by atoms with Gasteiger partial charge in [0.1, 0.15) is 16.9 Å². The Morgan fingerprint density at radius 1 is 1.29 bits per heavy atom. The second-order valence-electron chi connectivity index (χ2n) is 2.50. The molecule has 14 heavy (non-hydrogen) atoms. The van der Waals surface area contributed by atoms with Crippen molar-refractivity contribution < 1.29 is 24.5 Å². The third-order valence-corrected chi connectivity index (χ3v) is 1.67. The van der Waals surface area contributed by atoms with E-state index in [2.05, 4.69) is 4.74 Å². The molecule has 0 spiro atoms. The average Bonchev–Trinajstić information content (AvgIpc) is 2.16. The van der Waals surface area contributed by atoms with Gasteiger partial charge < -0.3 is 14.9 Å². The Kier molecular flexibility index (Phi) is 2.71. The van der Waals surface area contributed by atoms with Gasteiger partial charge in [0.05, 0.1) is 7.11 Å². The number of hydrogen-bond acceptors (Lipinski definition) is 4. The molecule has 0 bridgehead atoms. The van der Waals surface area contributed by atoms with Crippen molar-refractivity contribution in [3.63, 3.8) is 0 Å². The summed E-state index contributed by atoms with van der Waals surface area (Å²) in [4.78, 5) is 21.6. The molecule has 0 radical (unpaired) electrons. The normalized spacial score (nSPS) is 9.50. The van der Waals surface area contributed by atoms with E-state index in [0.29, 0.717) is 0 Å². The van der Waals surface area contributed by atoms with Crippen LogP contribution in [0.2, 0.25) is 0 Å². The Balaban J connectivity index is 3.27. The number of hydrogen-bond donors (Lipinski definition) is 2. The Labute approximate surface area is 79.6 Å². The molecule has 1 rings (SSSR count). The quantitative estimate of drug-likeness (QED) is 0.686. The summed E-state index contributed by atoms with van der Waals surface area (Å²) in [5, 5.41) is 18.0. The van der Waals surface area contributed by atoms with E-state index < -0.39 is 17.7 Å². The van der Waals surface area contributed by atoms with E-state index in [1.807, 2.05) is 0 Å². The fraction of sp³-hybridized carbons (Fsp3) is 0.111. The molecule has 0 unspecified atom stereocenters. The summed E-state index contributed by atoms with van der Waals surface area (Å²) < 4.78 is 4.36. The van der Waals surface area contributed by atoms with E-state index in [1.54, 1.807) is 0 Å². The van der Waals surface area contributed by atoms with E-state index in [0.717, 1.165) is 7.11 Å². The number of ether oxygens (including phenoxy) is 1. The lowest BCUT2D eigenvalue weighted by molar-refractivity contribution is 0.0597. The van der Waals surface area contributed by atoms with Gasteiger partial charge in [0.2, 0.25) is 0 Å². The maximum Gasteiger partial charge on any atom is 0.341 e. The van der Waals surface area contributed by atoms with Gasteiger partial charge in [-0.1, -0.05) is 6.07 Å². The highest BCUT2D eigenvalue weighted by molar-refractivity contribution is 5.99. The number of carboxylic acid groups (broad SMARTS) is 1. The molecule has 1 aromatic rings. The van der Waals surface area contributed by atoms with Gasteiger partial charge in [0.15, 0.2) is 0 Å². The second-order valence-corrected chi connectivity index (χ2v) is 2.50. The molecule has 0 aliphatic carbocycles. The number of benzene rings is 1. The molecule has 0 aliphatic heterocycles. The van der Waals surface area contributed by atoms with Crippen LogP contribution < -0.4 is 0 Å². The number of aromatic hydroxyl groups is 1. The smallest absolute Gasteiger partial charge is 0.341 e. The zero-order valence-corrected chi connectivity index (χ0v) is 7.35. The van der Waals surface area contributed by atoms with Crippen LogP contribution in [0.5, 0.6) is 5.75 Å². The highest BCUT2D eigenvalue weighted by Gasteiger charge is 2.17. The molecule has 0 amide bonds. The molecule has 1 aromatic carbocycles. The van der Waals surface area contributed by atoms with Crippen molar-refractivity contribution in [2.24, 2.45) is 0 Å². The fourth-order valence-corrected chi connectivity index (χ4v) is 0.991. The van der Waals surface area contributed by atoms with Gasteiger partial charge in [-0.25, -0.2) is 9.59 Å². The third kappa shape index (κ3) is 1.66.